The number of hydrogen-bond donors (Lipinski definition) is 2. The van der Waals surface area contributed by atoms with Crippen LogP contribution in [0, 0.1) is 11.8 Å². The van der Waals surface area contributed by atoms with Crippen LogP contribution in [0.4, 0.5) is 11.4 Å². The lowest BCUT2D eigenvalue weighted by molar-refractivity contribution is -0.139. The van der Waals surface area contributed by atoms with E-state index in [2.05, 4.69) is 15.6 Å². The molecule has 2 aliphatic rings. The molecule has 0 unspecified atom stereocenters. The third-order valence-electron chi connectivity index (χ3n) is 6.87. The molecule has 3 aromatic rings. The molecule has 2 aliphatic heterocycles. The number of anilines is 2. The van der Waals surface area contributed by atoms with E-state index in [0.29, 0.717) is 28.4 Å². The van der Waals surface area contributed by atoms with E-state index in [1.807, 2.05) is 0 Å². The fraction of sp³-hybridized carbons (Fsp3) is 0.179. The van der Waals surface area contributed by atoms with Crippen molar-refractivity contribution in [2.75, 3.05) is 24.0 Å². The summed E-state index contributed by atoms with van der Waals surface area (Å²) < 4.78 is 10.4. The zero-order valence-corrected chi connectivity index (χ0v) is 23.4. The number of nitrogens with zero attached hydrogens (tertiary/aromatic N) is 3. The zero-order chi connectivity index (χ0) is 29.3. The summed E-state index contributed by atoms with van der Waals surface area (Å²) in [5, 5.41) is 4.89. The Bertz CT molecular complexity index is 1450. The lowest BCUT2D eigenvalue weighted by atomic mass is 9.73. The summed E-state index contributed by atoms with van der Waals surface area (Å²) in [6, 6.07) is 16.1. The molecule has 4 amide bonds. The predicted molar refractivity (Wildman–Crippen MR) is 156 cm³/mol. The molecule has 2 N–H and O–H groups in total. The standard InChI is InChI=1S/C28H23N5O6S2/c1-38-18-7-3-16(4-8-18)32-25(36)21(23(34)30-27(32)40)20(15-11-13-29-14-12-15)22-24(35)31-28(41)33(26(22)37)17-5-9-19(39-2)10-6-17/h3-14,20-22H,1-2H3,(H,30,34,40)(H,31,35,41)/t21-,22-/m1/s1. The Labute approximate surface area is 245 Å². The van der Waals surface area contributed by atoms with Crippen molar-refractivity contribution in [1.82, 2.24) is 15.6 Å². The van der Waals surface area contributed by atoms with Crippen LogP contribution in [0.2, 0.25) is 0 Å². The van der Waals surface area contributed by atoms with Crippen LogP contribution in [0.25, 0.3) is 0 Å². The number of hydrogen-bond acceptors (Lipinski definition) is 9. The monoisotopic (exact) mass is 589 g/mol. The summed E-state index contributed by atoms with van der Waals surface area (Å²) >= 11 is 10.7. The molecule has 5 rings (SSSR count). The molecule has 2 atom stereocenters. The van der Waals surface area contributed by atoms with Crippen molar-refractivity contribution >= 4 is 69.7 Å². The topological polar surface area (TPSA) is 130 Å². The number of rotatable bonds is 7. The van der Waals surface area contributed by atoms with Crippen molar-refractivity contribution < 1.29 is 28.7 Å². The Hall–Kier alpha value is -4.75. The van der Waals surface area contributed by atoms with Crippen molar-refractivity contribution in [1.29, 1.82) is 0 Å². The van der Waals surface area contributed by atoms with Crippen molar-refractivity contribution in [2.24, 2.45) is 11.8 Å². The summed E-state index contributed by atoms with van der Waals surface area (Å²) in [4.78, 5) is 61.5. The molecule has 0 saturated carbocycles. The van der Waals surface area contributed by atoms with Crippen molar-refractivity contribution in [3.05, 3.63) is 78.6 Å². The third kappa shape index (κ3) is 5.12. The Morgan fingerprint density at radius 1 is 0.683 bits per heavy atom. The maximum absolute atomic E-state index is 14.1. The van der Waals surface area contributed by atoms with Crippen LogP contribution in [0.5, 0.6) is 11.5 Å². The van der Waals surface area contributed by atoms with E-state index in [0.717, 1.165) is 0 Å². The van der Waals surface area contributed by atoms with Gasteiger partial charge in [0.25, 0.3) is 0 Å². The molecule has 13 heteroatoms. The Balaban J connectivity index is 1.59. The summed E-state index contributed by atoms with van der Waals surface area (Å²) in [7, 11) is 3.02. The molecule has 2 fully saturated rings. The smallest absolute Gasteiger partial charge is 0.246 e. The van der Waals surface area contributed by atoms with Gasteiger partial charge in [-0.3, -0.25) is 34.0 Å². The molecule has 11 nitrogen and oxygen atoms in total. The minimum atomic E-state index is -1.50. The number of amides is 4. The molecule has 3 heterocycles. The van der Waals surface area contributed by atoms with Gasteiger partial charge in [0.1, 0.15) is 23.3 Å². The number of thiocarbonyl (C=S) groups is 2. The number of aromatic nitrogens is 1. The second kappa shape index (κ2) is 11.4. The summed E-state index contributed by atoms with van der Waals surface area (Å²) in [5.41, 5.74) is 1.13. The van der Waals surface area contributed by atoms with E-state index < -0.39 is 41.4 Å². The molecule has 1 aromatic heterocycles. The highest BCUT2D eigenvalue weighted by molar-refractivity contribution is 7.80. The highest BCUT2D eigenvalue weighted by atomic mass is 32.1. The van der Waals surface area contributed by atoms with Gasteiger partial charge in [-0.25, -0.2) is 0 Å². The first-order valence-electron chi connectivity index (χ1n) is 12.3. The second-order valence-corrected chi connectivity index (χ2v) is 9.87. The Kier molecular flexibility index (Phi) is 7.72. The lowest BCUT2D eigenvalue weighted by Gasteiger charge is -2.41. The molecule has 41 heavy (non-hydrogen) atoms. The van der Waals surface area contributed by atoms with E-state index in [1.165, 1.54) is 36.4 Å². The van der Waals surface area contributed by atoms with Gasteiger partial charge >= 0.3 is 0 Å². The first-order valence-corrected chi connectivity index (χ1v) is 13.1. The van der Waals surface area contributed by atoms with E-state index >= 15 is 0 Å². The first kappa shape index (κ1) is 27.8. The van der Waals surface area contributed by atoms with Gasteiger partial charge in [0, 0.05) is 18.3 Å². The Morgan fingerprint density at radius 3 is 1.44 bits per heavy atom. The van der Waals surface area contributed by atoms with Gasteiger partial charge in [0.05, 0.1) is 25.6 Å². The van der Waals surface area contributed by atoms with E-state index in [4.69, 9.17) is 33.9 Å². The average molecular weight is 590 g/mol. The molecular weight excluding hydrogens is 566 g/mol. The number of nitrogens with one attached hydrogen (secondary N) is 2. The quantitative estimate of drug-likeness (QED) is 0.315. The van der Waals surface area contributed by atoms with Crippen molar-refractivity contribution in [2.45, 2.75) is 5.92 Å². The average Bonchev–Trinajstić information content (AvgIpc) is 2.97. The highest BCUT2D eigenvalue weighted by Crippen LogP contribution is 2.39. The number of ether oxygens (including phenoxy) is 2. The number of benzene rings is 2. The fourth-order valence-corrected chi connectivity index (χ4v) is 5.52. The molecule has 0 radical (unpaired) electrons. The number of pyridine rings is 1. The molecule has 0 bridgehead atoms. The number of methoxy groups -OCH3 is 2. The SMILES string of the molecule is COc1ccc(N2C(=O)[C@H](C(c3ccncc3)[C@@H]3C(=O)NC(=S)N(c4ccc(OC)cc4)C3=O)C(=O)NC2=S)cc1. The molecule has 208 valence electrons. The predicted octanol–water partition coefficient (Wildman–Crippen LogP) is 2.31. The fourth-order valence-electron chi connectivity index (χ4n) is 4.93. The zero-order valence-electron chi connectivity index (χ0n) is 21.8. The van der Waals surface area contributed by atoms with Gasteiger partial charge in [0.2, 0.25) is 23.6 Å². The summed E-state index contributed by atoms with van der Waals surface area (Å²) in [5.74, 6) is -6.01. The van der Waals surface area contributed by atoms with Crippen LogP contribution in [0.1, 0.15) is 11.5 Å². The molecule has 0 aliphatic carbocycles. The van der Waals surface area contributed by atoms with E-state index in [1.54, 1.807) is 60.7 Å². The third-order valence-corrected chi connectivity index (χ3v) is 7.44. The lowest BCUT2D eigenvalue weighted by Crippen LogP contribution is -2.64. The summed E-state index contributed by atoms with van der Waals surface area (Å²) in [6.07, 6.45) is 2.91. The van der Waals surface area contributed by atoms with Crippen LogP contribution < -0.4 is 29.9 Å². The maximum Gasteiger partial charge on any atom is 0.246 e. The first-order chi connectivity index (χ1) is 19.7. The molecular formula is C28H23N5O6S2. The van der Waals surface area contributed by atoms with Crippen molar-refractivity contribution in [3.8, 4) is 11.5 Å². The molecule has 0 spiro atoms. The van der Waals surface area contributed by atoms with Crippen LogP contribution in [-0.2, 0) is 19.2 Å². The van der Waals surface area contributed by atoms with Crippen LogP contribution in [0.15, 0.2) is 73.1 Å². The van der Waals surface area contributed by atoms with Gasteiger partial charge in [-0.2, -0.15) is 0 Å². The van der Waals surface area contributed by atoms with Crippen LogP contribution in [0.3, 0.4) is 0 Å². The normalized spacial score (nSPS) is 19.3. The maximum atomic E-state index is 14.1. The molecule has 2 saturated heterocycles. The largest absolute Gasteiger partial charge is 0.497 e. The van der Waals surface area contributed by atoms with Crippen LogP contribution in [-0.4, -0.2) is 53.1 Å². The minimum absolute atomic E-state index is 0.129. The van der Waals surface area contributed by atoms with Gasteiger partial charge < -0.3 is 20.1 Å². The summed E-state index contributed by atoms with van der Waals surface area (Å²) in [6.45, 7) is 0. The minimum Gasteiger partial charge on any atom is -0.497 e. The van der Waals surface area contributed by atoms with Crippen molar-refractivity contribution in [3.63, 3.8) is 0 Å². The number of carbonyl (C=O) groups excluding carboxylic acids is 4. The number of carbonyl (C=O) groups is 4. The van der Waals surface area contributed by atoms with Crippen LogP contribution >= 0.6 is 24.4 Å². The van der Waals surface area contributed by atoms with E-state index in [9.17, 15) is 19.2 Å². The van der Waals surface area contributed by atoms with Gasteiger partial charge in [-0.15, -0.1) is 0 Å². The van der Waals surface area contributed by atoms with Gasteiger partial charge in [-0.1, -0.05) is 0 Å². The van der Waals surface area contributed by atoms with Gasteiger partial charge in [0.15, 0.2) is 10.2 Å². The molecule has 2 aromatic carbocycles. The Morgan fingerprint density at radius 2 is 1.07 bits per heavy atom. The second-order valence-electron chi connectivity index (χ2n) is 9.09. The highest BCUT2D eigenvalue weighted by Gasteiger charge is 2.53. The van der Waals surface area contributed by atoms with E-state index in [-0.39, 0.29) is 10.2 Å². The van der Waals surface area contributed by atoms with Gasteiger partial charge in [-0.05, 0) is 90.7 Å².